The molecular formula is C41H36BN3. The van der Waals surface area contributed by atoms with E-state index in [4.69, 9.17) is 4.98 Å². The van der Waals surface area contributed by atoms with Crippen LogP contribution >= 0.6 is 0 Å². The highest BCUT2D eigenvalue weighted by molar-refractivity contribution is 6.96. The van der Waals surface area contributed by atoms with E-state index in [-0.39, 0.29) is 6.71 Å². The van der Waals surface area contributed by atoms with Crippen molar-refractivity contribution in [3.05, 3.63) is 154 Å². The van der Waals surface area contributed by atoms with Crippen LogP contribution in [0.4, 0.5) is 0 Å². The summed E-state index contributed by atoms with van der Waals surface area (Å²) in [5.74, 6) is 6.92. The molecule has 6 rings (SSSR count). The van der Waals surface area contributed by atoms with Crippen molar-refractivity contribution in [2.24, 2.45) is 0 Å². The molecule has 0 unspecified atom stereocenters. The first-order valence-electron chi connectivity index (χ1n) is 15.4. The van der Waals surface area contributed by atoms with Crippen molar-refractivity contribution < 1.29 is 0 Å². The van der Waals surface area contributed by atoms with Crippen LogP contribution < -0.4 is 16.4 Å². The SMILES string of the molecule is Cc1cc(C)c(B(c2cccc(C#Cc3cc(-c4ccccn4)nc(-c4ccccn4)c3)c2)c2c(C)cc(C)cc2C)c(C)c1. The van der Waals surface area contributed by atoms with Crippen LogP contribution in [-0.2, 0) is 0 Å². The Balaban J connectivity index is 1.47. The minimum absolute atomic E-state index is 0.0976. The van der Waals surface area contributed by atoms with Gasteiger partial charge in [0.05, 0.1) is 22.8 Å². The molecule has 0 aliphatic rings. The standard InChI is InChI=1S/C41H36BN3/c1-27-20-29(3)40(30(4)21-27)42(41-31(5)22-28(2)23-32(41)6)35-13-11-12-33(24-35)16-17-34-25-38(36-14-7-9-18-43-36)45-39(26-34)37-15-8-10-19-44-37/h7-15,18-26H,1-6H3. The lowest BCUT2D eigenvalue weighted by molar-refractivity contribution is 1.21. The fourth-order valence-electron chi connectivity index (χ4n) is 6.60. The number of pyridine rings is 3. The highest BCUT2D eigenvalue weighted by Crippen LogP contribution is 2.22. The Morgan fingerprint density at radius 3 is 1.42 bits per heavy atom. The number of aryl methyl sites for hydroxylation is 6. The van der Waals surface area contributed by atoms with E-state index in [0.29, 0.717) is 0 Å². The lowest BCUT2D eigenvalue weighted by Gasteiger charge is -2.24. The van der Waals surface area contributed by atoms with Crippen LogP contribution in [0.25, 0.3) is 22.8 Å². The van der Waals surface area contributed by atoms with Crippen molar-refractivity contribution in [1.29, 1.82) is 0 Å². The van der Waals surface area contributed by atoms with Crippen LogP contribution in [0.1, 0.15) is 44.5 Å². The quantitative estimate of drug-likeness (QED) is 0.163. The third-order valence-corrected chi connectivity index (χ3v) is 8.30. The minimum atomic E-state index is 0.0976. The fourth-order valence-corrected chi connectivity index (χ4v) is 6.60. The molecule has 45 heavy (non-hydrogen) atoms. The largest absolute Gasteiger partial charge is 0.255 e. The summed E-state index contributed by atoms with van der Waals surface area (Å²) in [7, 11) is 0. The van der Waals surface area contributed by atoms with Gasteiger partial charge in [-0.05, 0) is 84.0 Å². The summed E-state index contributed by atoms with van der Waals surface area (Å²) in [5, 5.41) is 0. The predicted octanol–water partition coefficient (Wildman–Crippen LogP) is 6.97. The number of rotatable bonds is 5. The topological polar surface area (TPSA) is 38.7 Å². The van der Waals surface area contributed by atoms with Gasteiger partial charge in [0.25, 0.3) is 0 Å². The van der Waals surface area contributed by atoms with E-state index in [2.05, 4.69) is 112 Å². The van der Waals surface area contributed by atoms with Gasteiger partial charge in [-0.1, -0.05) is 116 Å². The maximum atomic E-state index is 4.89. The molecule has 0 amide bonds. The Kier molecular flexibility index (Phi) is 8.45. The molecule has 0 bridgehead atoms. The summed E-state index contributed by atoms with van der Waals surface area (Å²) in [4.78, 5) is 14.0. The van der Waals surface area contributed by atoms with E-state index in [0.717, 1.165) is 33.9 Å². The zero-order chi connectivity index (χ0) is 31.5. The third kappa shape index (κ3) is 6.49. The Labute approximate surface area is 267 Å². The molecule has 0 aliphatic heterocycles. The number of aromatic nitrogens is 3. The van der Waals surface area contributed by atoms with Gasteiger partial charge in [0.2, 0.25) is 6.71 Å². The van der Waals surface area contributed by atoms with Gasteiger partial charge < -0.3 is 0 Å². The second-order valence-electron chi connectivity index (χ2n) is 12.0. The maximum absolute atomic E-state index is 4.89. The number of hydrogen-bond acceptors (Lipinski definition) is 3. The van der Waals surface area contributed by atoms with Gasteiger partial charge in [0, 0.05) is 23.5 Å². The maximum Gasteiger partial charge on any atom is 0.242 e. The lowest BCUT2D eigenvalue weighted by Crippen LogP contribution is -2.55. The molecule has 0 atom stereocenters. The number of nitrogens with zero attached hydrogens (tertiary/aromatic N) is 3. The van der Waals surface area contributed by atoms with Crippen molar-refractivity contribution in [1.82, 2.24) is 15.0 Å². The Morgan fingerprint density at radius 1 is 0.467 bits per heavy atom. The summed E-state index contributed by atoms with van der Waals surface area (Å²) in [6.07, 6.45) is 3.57. The molecular weight excluding hydrogens is 545 g/mol. The van der Waals surface area contributed by atoms with E-state index < -0.39 is 0 Å². The lowest BCUT2D eigenvalue weighted by atomic mass is 9.34. The van der Waals surface area contributed by atoms with E-state index in [9.17, 15) is 0 Å². The first kappa shape index (κ1) is 29.8. The predicted molar refractivity (Wildman–Crippen MR) is 189 cm³/mol. The first-order valence-corrected chi connectivity index (χ1v) is 15.4. The summed E-state index contributed by atoms with van der Waals surface area (Å²) in [6.45, 7) is 13.4. The number of hydrogen-bond donors (Lipinski definition) is 0. The molecule has 0 saturated heterocycles. The smallest absolute Gasteiger partial charge is 0.242 e. The zero-order valence-electron chi connectivity index (χ0n) is 26.8. The number of benzene rings is 3. The van der Waals surface area contributed by atoms with Gasteiger partial charge in [0.15, 0.2) is 0 Å². The zero-order valence-corrected chi connectivity index (χ0v) is 26.8. The van der Waals surface area contributed by atoms with Crippen molar-refractivity contribution in [3.63, 3.8) is 0 Å². The van der Waals surface area contributed by atoms with Crippen molar-refractivity contribution in [2.75, 3.05) is 0 Å². The van der Waals surface area contributed by atoms with Crippen LogP contribution in [0.3, 0.4) is 0 Å². The second-order valence-corrected chi connectivity index (χ2v) is 12.0. The molecule has 0 N–H and O–H groups in total. The molecule has 3 nitrogen and oxygen atoms in total. The van der Waals surface area contributed by atoms with E-state index in [1.807, 2.05) is 48.5 Å². The van der Waals surface area contributed by atoms with E-state index in [1.54, 1.807) is 12.4 Å². The summed E-state index contributed by atoms with van der Waals surface area (Å²) >= 11 is 0. The molecule has 0 fully saturated rings. The molecule has 6 aromatic rings. The first-order chi connectivity index (χ1) is 21.8. The highest BCUT2D eigenvalue weighted by Gasteiger charge is 2.28. The summed E-state index contributed by atoms with van der Waals surface area (Å²) in [6, 6.07) is 33.7. The fraction of sp³-hybridized carbons (Fsp3) is 0.146. The average molecular weight is 582 g/mol. The molecule has 0 radical (unpaired) electrons. The molecule has 4 heteroatoms. The van der Waals surface area contributed by atoms with E-state index in [1.165, 1.54) is 49.8 Å². The van der Waals surface area contributed by atoms with Crippen LogP contribution in [-0.4, -0.2) is 21.7 Å². The molecule has 3 aromatic heterocycles. The van der Waals surface area contributed by atoms with Crippen LogP contribution in [0.5, 0.6) is 0 Å². The Bertz CT molecular complexity index is 1910. The van der Waals surface area contributed by atoms with Crippen molar-refractivity contribution in [2.45, 2.75) is 41.5 Å². The van der Waals surface area contributed by atoms with Gasteiger partial charge >= 0.3 is 0 Å². The van der Waals surface area contributed by atoms with Crippen molar-refractivity contribution in [3.8, 4) is 34.6 Å². The molecule has 0 saturated carbocycles. The van der Waals surface area contributed by atoms with Gasteiger partial charge in [-0.3, -0.25) is 9.97 Å². The Hall–Kier alpha value is -5.27. The van der Waals surface area contributed by atoms with Gasteiger partial charge in [-0.15, -0.1) is 0 Å². The van der Waals surface area contributed by atoms with Gasteiger partial charge in [0.1, 0.15) is 0 Å². The highest BCUT2D eigenvalue weighted by atomic mass is 14.8. The average Bonchev–Trinajstić information content (AvgIpc) is 3.03. The summed E-state index contributed by atoms with van der Waals surface area (Å²) < 4.78 is 0. The van der Waals surface area contributed by atoms with Crippen molar-refractivity contribution >= 4 is 23.1 Å². The van der Waals surface area contributed by atoms with Gasteiger partial charge in [-0.25, -0.2) is 4.98 Å². The normalized spacial score (nSPS) is 10.7. The minimum Gasteiger partial charge on any atom is -0.255 e. The van der Waals surface area contributed by atoms with Gasteiger partial charge in [-0.2, -0.15) is 0 Å². The second kappa shape index (κ2) is 12.8. The molecule has 3 heterocycles. The summed E-state index contributed by atoms with van der Waals surface area (Å²) in [5.41, 5.74) is 16.8. The van der Waals surface area contributed by atoms with Crippen LogP contribution in [0, 0.1) is 53.4 Å². The molecule has 218 valence electrons. The van der Waals surface area contributed by atoms with Crippen LogP contribution in [0.2, 0.25) is 0 Å². The monoisotopic (exact) mass is 581 g/mol. The molecule has 0 aliphatic carbocycles. The molecule has 0 spiro atoms. The van der Waals surface area contributed by atoms with E-state index >= 15 is 0 Å². The third-order valence-electron chi connectivity index (χ3n) is 8.30. The Morgan fingerprint density at radius 2 is 0.956 bits per heavy atom. The van der Waals surface area contributed by atoms with Crippen LogP contribution in [0.15, 0.2) is 109 Å². The molecule has 3 aromatic carbocycles.